The first-order valence-corrected chi connectivity index (χ1v) is 10.4. The molecule has 0 aliphatic carbocycles. The Morgan fingerprint density at radius 1 is 1.03 bits per heavy atom. The highest BCUT2D eigenvalue weighted by atomic mass is 32.1. The highest BCUT2D eigenvalue weighted by Gasteiger charge is 2.13. The Bertz CT molecular complexity index is 1090. The Kier molecular flexibility index (Phi) is 6.46. The number of aryl methyl sites for hydroxylation is 1. The summed E-state index contributed by atoms with van der Waals surface area (Å²) in [6.07, 6.45) is 0. The van der Waals surface area contributed by atoms with Gasteiger partial charge >= 0.3 is 0 Å². The zero-order chi connectivity index (χ0) is 20.8. The molecule has 5 nitrogen and oxygen atoms in total. The molecule has 2 aromatic carbocycles. The number of nitrogens with zero attached hydrogens (tertiary/aromatic N) is 2. The molecule has 6 heteroatoms. The van der Waals surface area contributed by atoms with Crippen molar-refractivity contribution in [1.29, 1.82) is 0 Å². The van der Waals surface area contributed by atoms with E-state index in [4.69, 9.17) is 5.73 Å². The van der Waals surface area contributed by atoms with Gasteiger partial charge in [-0.05, 0) is 42.6 Å². The summed E-state index contributed by atoms with van der Waals surface area (Å²) in [5, 5.41) is 9.35. The van der Waals surface area contributed by atoms with E-state index in [0.29, 0.717) is 16.3 Å². The van der Waals surface area contributed by atoms with E-state index in [1.54, 1.807) is 12.1 Å². The van der Waals surface area contributed by atoms with Gasteiger partial charge in [0.25, 0.3) is 5.91 Å². The molecule has 0 saturated carbocycles. The van der Waals surface area contributed by atoms with Crippen LogP contribution in [-0.4, -0.2) is 15.7 Å². The number of hydrogen-bond donors (Lipinski definition) is 2. The van der Waals surface area contributed by atoms with Crippen LogP contribution in [0.3, 0.4) is 0 Å². The van der Waals surface area contributed by atoms with Crippen LogP contribution in [0.25, 0.3) is 16.9 Å². The molecule has 0 aliphatic rings. The summed E-state index contributed by atoms with van der Waals surface area (Å²) >= 11 is 1.40. The molecular formula is C23H24N4OS. The Hall–Kier alpha value is -3.38. The number of nitrogens with two attached hydrogens (primary N) is 1. The lowest BCUT2D eigenvalue weighted by atomic mass is 10.1. The standard InChI is InChI=1S/C21H18N4OS.C2H6/c1-14-12-19(15-6-3-2-4-7-15)25(24-14)18-10-9-16(13-17(18)22)23-21(26)20-8-5-11-27-20;1-2/h2-13H,22H2,1H3,(H,23,26);1-2H3. The van der Waals surface area contributed by atoms with Crippen molar-refractivity contribution in [2.24, 2.45) is 0 Å². The smallest absolute Gasteiger partial charge is 0.265 e. The van der Waals surface area contributed by atoms with Gasteiger partial charge < -0.3 is 11.1 Å². The molecule has 29 heavy (non-hydrogen) atoms. The average Bonchev–Trinajstić information content (AvgIpc) is 3.40. The SMILES string of the molecule is CC.Cc1cc(-c2ccccc2)n(-c2ccc(NC(=O)c3cccs3)cc2N)n1. The van der Waals surface area contributed by atoms with Crippen molar-refractivity contribution in [1.82, 2.24) is 9.78 Å². The fraction of sp³-hybridized carbons (Fsp3) is 0.130. The number of carbonyl (C=O) groups is 1. The molecule has 0 fully saturated rings. The predicted molar refractivity (Wildman–Crippen MR) is 122 cm³/mol. The lowest BCUT2D eigenvalue weighted by Gasteiger charge is -2.12. The van der Waals surface area contributed by atoms with E-state index in [1.165, 1.54) is 11.3 Å². The minimum atomic E-state index is -0.142. The van der Waals surface area contributed by atoms with Crippen molar-refractivity contribution >= 4 is 28.6 Å². The van der Waals surface area contributed by atoms with Gasteiger partial charge in [0.2, 0.25) is 0 Å². The second kappa shape index (κ2) is 9.21. The molecule has 0 unspecified atom stereocenters. The number of anilines is 2. The van der Waals surface area contributed by atoms with Crippen LogP contribution in [0.2, 0.25) is 0 Å². The van der Waals surface area contributed by atoms with E-state index in [1.807, 2.05) is 85.4 Å². The van der Waals surface area contributed by atoms with Gasteiger partial charge in [-0.25, -0.2) is 4.68 Å². The maximum absolute atomic E-state index is 12.2. The van der Waals surface area contributed by atoms with Gasteiger partial charge in [0.15, 0.2) is 0 Å². The van der Waals surface area contributed by atoms with Crippen molar-refractivity contribution in [3.8, 4) is 16.9 Å². The Morgan fingerprint density at radius 3 is 2.45 bits per heavy atom. The number of benzene rings is 2. The minimum absolute atomic E-state index is 0.142. The lowest BCUT2D eigenvalue weighted by molar-refractivity contribution is 0.103. The van der Waals surface area contributed by atoms with Crippen LogP contribution in [0, 0.1) is 6.92 Å². The Labute approximate surface area is 174 Å². The molecule has 0 spiro atoms. The van der Waals surface area contributed by atoms with Crippen molar-refractivity contribution in [3.05, 3.63) is 82.7 Å². The van der Waals surface area contributed by atoms with Crippen LogP contribution in [0.4, 0.5) is 11.4 Å². The number of amides is 1. The Morgan fingerprint density at radius 2 is 1.79 bits per heavy atom. The third-order valence-corrected chi connectivity index (χ3v) is 5.03. The highest BCUT2D eigenvalue weighted by molar-refractivity contribution is 7.12. The zero-order valence-corrected chi connectivity index (χ0v) is 17.5. The van der Waals surface area contributed by atoms with Gasteiger partial charge in [-0.2, -0.15) is 5.10 Å². The maximum atomic E-state index is 12.2. The minimum Gasteiger partial charge on any atom is -0.397 e. The third-order valence-electron chi connectivity index (χ3n) is 4.16. The van der Waals surface area contributed by atoms with E-state index in [0.717, 1.165) is 22.6 Å². The number of aromatic nitrogens is 2. The van der Waals surface area contributed by atoms with Crippen LogP contribution >= 0.6 is 11.3 Å². The van der Waals surface area contributed by atoms with Gasteiger partial charge in [-0.1, -0.05) is 50.2 Å². The van der Waals surface area contributed by atoms with Crippen molar-refractivity contribution in [3.63, 3.8) is 0 Å². The van der Waals surface area contributed by atoms with Crippen LogP contribution < -0.4 is 11.1 Å². The van der Waals surface area contributed by atoms with Gasteiger partial charge in [0, 0.05) is 11.3 Å². The van der Waals surface area contributed by atoms with E-state index >= 15 is 0 Å². The van der Waals surface area contributed by atoms with Crippen LogP contribution in [-0.2, 0) is 0 Å². The maximum Gasteiger partial charge on any atom is 0.265 e. The van der Waals surface area contributed by atoms with Gasteiger partial charge in [0.1, 0.15) is 0 Å². The lowest BCUT2D eigenvalue weighted by Crippen LogP contribution is -2.11. The molecule has 4 aromatic rings. The molecule has 2 heterocycles. The molecule has 4 rings (SSSR count). The molecule has 0 bridgehead atoms. The summed E-state index contributed by atoms with van der Waals surface area (Å²) in [5.41, 5.74) is 11.2. The summed E-state index contributed by atoms with van der Waals surface area (Å²) in [5.74, 6) is -0.142. The summed E-state index contributed by atoms with van der Waals surface area (Å²) in [6.45, 7) is 5.95. The molecule has 148 valence electrons. The van der Waals surface area contributed by atoms with Gasteiger partial charge in [-0.3, -0.25) is 4.79 Å². The molecule has 0 radical (unpaired) electrons. The van der Waals surface area contributed by atoms with E-state index in [2.05, 4.69) is 10.4 Å². The van der Waals surface area contributed by atoms with E-state index in [9.17, 15) is 4.79 Å². The zero-order valence-electron chi connectivity index (χ0n) is 16.7. The first kappa shape index (κ1) is 20.4. The quantitative estimate of drug-likeness (QED) is 0.424. The molecular weight excluding hydrogens is 380 g/mol. The number of carbonyl (C=O) groups excluding carboxylic acids is 1. The van der Waals surface area contributed by atoms with E-state index in [-0.39, 0.29) is 5.91 Å². The van der Waals surface area contributed by atoms with Crippen molar-refractivity contribution in [2.45, 2.75) is 20.8 Å². The Balaban J connectivity index is 0.00000117. The second-order valence-electron chi connectivity index (χ2n) is 6.15. The van der Waals surface area contributed by atoms with Crippen molar-refractivity contribution in [2.75, 3.05) is 11.1 Å². The fourth-order valence-electron chi connectivity index (χ4n) is 2.92. The van der Waals surface area contributed by atoms with Crippen LogP contribution in [0.15, 0.2) is 72.1 Å². The fourth-order valence-corrected chi connectivity index (χ4v) is 3.54. The number of rotatable bonds is 4. The van der Waals surface area contributed by atoms with Crippen LogP contribution in [0.5, 0.6) is 0 Å². The molecule has 3 N–H and O–H groups in total. The summed E-state index contributed by atoms with van der Waals surface area (Å²) < 4.78 is 1.84. The molecule has 0 saturated heterocycles. The number of thiophene rings is 1. The largest absolute Gasteiger partial charge is 0.397 e. The number of nitrogen functional groups attached to an aromatic ring is 1. The molecule has 0 aliphatic heterocycles. The highest BCUT2D eigenvalue weighted by Crippen LogP contribution is 2.28. The van der Waals surface area contributed by atoms with Crippen molar-refractivity contribution < 1.29 is 4.79 Å². The predicted octanol–water partition coefficient (Wildman–Crippen LogP) is 5.77. The molecule has 0 atom stereocenters. The normalized spacial score (nSPS) is 10.2. The summed E-state index contributed by atoms with van der Waals surface area (Å²) in [4.78, 5) is 12.9. The van der Waals surface area contributed by atoms with Gasteiger partial charge in [-0.15, -0.1) is 11.3 Å². The first-order chi connectivity index (χ1) is 14.1. The van der Waals surface area contributed by atoms with E-state index < -0.39 is 0 Å². The molecule has 1 amide bonds. The number of nitrogens with one attached hydrogen (secondary N) is 1. The number of hydrogen-bond acceptors (Lipinski definition) is 4. The average molecular weight is 405 g/mol. The second-order valence-corrected chi connectivity index (χ2v) is 7.10. The third kappa shape index (κ3) is 4.55. The monoisotopic (exact) mass is 404 g/mol. The van der Waals surface area contributed by atoms with Crippen LogP contribution in [0.1, 0.15) is 29.2 Å². The van der Waals surface area contributed by atoms with Gasteiger partial charge in [0.05, 0.1) is 27.6 Å². The topological polar surface area (TPSA) is 72.9 Å². The molecule has 2 aromatic heterocycles. The first-order valence-electron chi connectivity index (χ1n) is 9.48. The summed E-state index contributed by atoms with van der Waals surface area (Å²) in [6, 6.07) is 21.2. The summed E-state index contributed by atoms with van der Waals surface area (Å²) in [7, 11) is 0.